The first-order chi connectivity index (χ1) is 7.29. The predicted octanol–water partition coefficient (Wildman–Crippen LogP) is 0.665. The van der Waals surface area contributed by atoms with Gasteiger partial charge in [-0.1, -0.05) is 6.04 Å². The Morgan fingerprint density at radius 3 is 2.38 bits per heavy atom. The monoisotopic (exact) mass is 184 g/mol. The van der Waals surface area contributed by atoms with Gasteiger partial charge in [0.1, 0.15) is 0 Å². The largest absolute Gasteiger partial charge is 0.478 e. The van der Waals surface area contributed by atoms with Crippen LogP contribution >= 0.6 is 0 Å². The Morgan fingerprint density at radius 2 is 1.92 bits per heavy atom. The molecule has 0 saturated carbocycles. The Balaban J connectivity index is 3.83. The lowest BCUT2D eigenvalue weighted by atomic mass is 10.1. The van der Waals surface area contributed by atoms with Crippen LogP contribution in [-0.4, -0.2) is 22.2 Å². The fourth-order valence-corrected chi connectivity index (χ4v) is 0.803. The highest BCUT2D eigenvalue weighted by molar-refractivity contribution is 6.05. The van der Waals surface area contributed by atoms with Gasteiger partial charge in [-0.2, -0.15) is 0 Å². The summed E-state index contributed by atoms with van der Waals surface area (Å²) in [5.74, 6) is -3.31. The average Bonchev–Trinajstić information content (AvgIpc) is 2.18. The molecule has 0 fully saturated rings. The number of carboxylic acid groups (broad SMARTS) is 2. The molecule has 0 amide bonds. The van der Waals surface area contributed by atoms with Gasteiger partial charge in [0.25, 0.3) is 0 Å². The molecule has 0 heterocycles. The topological polar surface area (TPSA) is 101 Å². The van der Waals surface area contributed by atoms with Crippen molar-refractivity contribution in [3.8, 4) is 0 Å². The van der Waals surface area contributed by atoms with E-state index in [9.17, 15) is 9.59 Å². The van der Waals surface area contributed by atoms with Crippen molar-refractivity contribution in [1.29, 1.82) is 0 Å². The number of nitrogen functional groups attached to an aromatic ring is 1. The molecule has 68 valence electrons. The second kappa shape index (κ2) is 3.14. The summed E-state index contributed by atoms with van der Waals surface area (Å²) in [6.07, 6.45) is 0. The summed E-state index contributed by atoms with van der Waals surface area (Å²) in [5.41, 5.74) is 2.95. The van der Waals surface area contributed by atoms with E-state index in [-0.39, 0.29) is 0 Å². The van der Waals surface area contributed by atoms with Crippen molar-refractivity contribution in [2.24, 2.45) is 0 Å². The van der Waals surface area contributed by atoms with Gasteiger partial charge in [-0.25, -0.2) is 9.59 Å². The van der Waals surface area contributed by atoms with Gasteiger partial charge in [0.15, 0.2) is 0 Å². The Morgan fingerprint density at radius 1 is 1.31 bits per heavy atom. The summed E-state index contributed by atoms with van der Waals surface area (Å²) in [6, 6.07) is -2.20. The minimum Gasteiger partial charge on any atom is -0.478 e. The summed E-state index contributed by atoms with van der Waals surface area (Å²) in [7, 11) is 0. The minimum atomic E-state index is -1.66. The van der Waals surface area contributed by atoms with Crippen LogP contribution in [0.3, 0.4) is 0 Å². The zero-order valence-corrected chi connectivity index (χ0v) is 6.29. The number of carboxylic acids is 2. The number of benzene rings is 1. The van der Waals surface area contributed by atoms with Gasteiger partial charge in [0, 0.05) is 5.69 Å². The lowest BCUT2D eigenvalue weighted by Gasteiger charge is -2.03. The van der Waals surface area contributed by atoms with E-state index in [4.69, 9.17) is 20.1 Å². The van der Waals surface area contributed by atoms with Gasteiger partial charge in [-0.3, -0.25) is 0 Å². The van der Waals surface area contributed by atoms with E-state index in [0.717, 1.165) is 0 Å². The Bertz CT molecular complexity index is 456. The third-order valence-corrected chi connectivity index (χ3v) is 1.33. The number of rotatable bonds is 2. The van der Waals surface area contributed by atoms with Gasteiger partial charge < -0.3 is 15.9 Å². The van der Waals surface area contributed by atoms with Crippen LogP contribution in [0.4, 0.5) is 5.69 Å². The number of hydrogen-bond acceptors (Lipinski definition) is 3. The van der Waals surface area contributed by atoms with Crippen LogP contribution in [0, 0.1) is 0 Å². The second-order valence-corrected chi connectivity index (χ2v) is 2.15. The first kappa shape index (κ1) is 5.58. The number of aromatic carboxylic acids is 2. The molecule has 0 atom stereocenters. The molecule has 5 nitrogen and oxygen atoms in total. The van der Waals surface area contributed by atoms with Crippen molar-refractivity contribution in [2.45, 2.75) is 0 Å². The van der Waals surface area contributed by atoms with Crippen molar-refractivity contribution < 1.29 is 23.9 Å². The Labute approximate surface area is 77.6 Å². The second-order valence-electron chi connectivity index (χ2n) is 2.15. The predicted molar refractivity (Wildman–Crippen MR) is 44.8 cm³/mol. The van der Waals surface area contributed by atoms with Crippen LogP contribution in [0.2, 0.25) is 0 Å². The van der Waals surface area contributed by atoms with Crippen LogP contribution in [0.15, 0.2) is 18.1 Å². The molecule has 5 heteroatoms. The molecule has 0 bridgehead atoms. The molecule has 0 unspecified atom stereocenters. The van der Waals surface area contributed by atoms with Crippen molar-refractivity contribution in [3.63, 3.8) is 0 Å². The zero-order valence-electron chi connectivity index (χ0n) is 9.29. The van der Waals surface area contributed by atoms with E-state index in [2.05, 4.69) is 0 Å². The number of hydrogen-bond donors (Lipinski definition) is 3. The first-order valence-corrected chi connectivity index (χ1v) is 3.14. The highest BCUT2D eigenvalue weighted by Crippen LogP contribution is 2.16. The Hall–Kier alpha value is -2.04. The summed E-state index contributed by atoms with van der Waals surface area (Å²) >= 11 is 0. The molecular weight excluding hydrogens is 174 g/mol. The molecule has 0 saturated heterocycles. The van der Waals surface area contributed by atoms with E-state index in [1.54, 1.807) is 0 Å². The van der Waals surface area contributed by atoms with Crippen molar-refractivity contribution >= 4 is 17.6 Å². The van der Waals surface area contributed by atoms with Gasteiger partial charge in [-0.15, -0.1) is 0 Å². The molecule has 0 aliphatic rings. The number of anilines is 1. The summed E-state index contributed by atoms with van der Waals surface area (Å²) in [4.78, 5) is 21.6. The zero-order chi connectivity index (χ0) is 12.6. The maximum atomic E-state index is 10.8. The molecule has 0 radical (unpaired) electrons. The lowest BCUT2D eigenvalue weighted by molar-refractivity contribution is 0.0652. The molecule has 1 rings (SSSR count). The maximum Gasteiger partial charge on any atom is 0.338 e. The van der Waals surface area contributed by atoms with E-state index >= 15 is 0 Å². The fraction of sp³-hybridized carbons (Fsp3) is 0. The lowest BCUT2D eigenvalue weighted by Crippen LogP contribution is -2.10. The molecule has 4 N–H and O–H groups in total. The quantitative estimate of drug-likeness (QED) is 0.586. The van der Waals surface area contributed by atoms with Gasteiger partial charge in [-0.05, 0) is 12.1 Å². The van der Waals surface area contributed by atoms with Gasteiger partial charge in [0.2, 0.25) is 0 Å². The summed E-state index contributed by atoms with van der Waals surface area (Å²) in [6.45, 7) is 0. The van der Waals surface area contributed by atoms with Gasteiger partial charge >= 0.3 is 11.9 Å². The standard InChI is InChI=1S/C8H7NO4/c9-5-3-1-2-4(7(10)11)6(5)8(12)13/h1-3H,9H2,(H,10,11)(H,12,13)/i1D,2D,3D. The molecule has 13 heavy (non-hydrogen) atoms. The molecule has 0 aromatic heterocycles. The van der Waals surface area contributed by atoms with E-state index < -0.39 is 46.9 Å². The van der Waals surface area contributed by atoms with Crippen molar-refractivity contribution in [3.05, 3.63) is 29.3 Å². The van der Waals surface area contributed by atoms with E-state index in [0.29, 0.717) is 0 Å². The third kappa shape index (κ3) is 1.58. The number of nitrogens with two attached hydrogens (primary N) is 1. The minimum absolute atomic E-state index is 0.620. The molecular formula is C8H7NO4. The normalized spacial score (nSPS) is 12.8. The van der Waals surface area contributed by atoms with Crippen LogP contribution in [0.5, 0.6) is 0 Å². The molecule has 0 aliphatic carbocycles. The molecule has 0 aliphatic heterocycles. The summed E-state index contributed by atoms with van der Waals surface area (Å²) < 4.78 is 21.8. The number of carbonyl (C=O) groups is 2. The summed E-state index contributed by atoms with van der Waals surface area (Å²) in [5, 5.41) is 17.5. The van der Waals surface area contributed by atoms with Crippen molar-refractivity contribution in [1.82, 2.24) is 0 Å². The van der Waals surface area contributed by atoms with Crippen molar-refractivity contribution in [2.75, 3.05) is 5.73 Å². The van der Waals surface area contributed by atoms with Crippen LogP contribution < -0.4 is 5.73 Å². The fourth-order valence-electron chi connectivity index (χ4n) is 0.803. The third-order valence-electron chi connectivity index (χ3n) is 1.33. The highest BCUT2D eigenvalue weighted by Gasteiger charge is 2.17. The highest BCUT2D eigenvalue weighted by atomic mass is 16.4. The maximum absolute atomic E-state index is 10.8. The van der Waals surface area contributed by atoms with Crippen LogP contribution in [0.1, 0.15) is 24.8 Å². The van der Waals surface area contributed by atoms with Crippen LogP contribution in [-0.2, 0) is 0 Å². The average molecular weight is 184 g/mol. The van der Waals surface area contributed by atoms with E-state index in [1.807, 2.05) is 0 Å². The molecule has 0 spiro atoms. The molecule has 1 aromatic rings. The van der Waals surface area contributed by atoms with Gasteiger partial charge in [0.05, 0.1) is 15.2 Å². The van der Waals surface area contributed by atoms with E-state index in [1.165, 1.54) is 0 Å². The molecule has 1 aromatic carbocycles. The smallest absolute Gasteiger partial charge is 0.338 e. The SMILES string of the molecule is [2H]c1c([2H])c(N)c(C(=O)O)c(C(=O)O)c1[2H]. The Kier molecular flexibility index (Phi) is 1.35. The van der Waals surface area contributed by atoms with Crippen LogP contribution in [0.25, 0.3) is 0 Å². The first-order valence-electron chi connectivity index (χ1n) is 4.64.